The number of piperidine rings is 1. The first-order chi connectivity index (χ1) is 10.6. The standard InChI is InChI=1S/C15H23N5OS/c1-11(2)10-13-18-19-15(22-13)17-14(21)12-4-8-20(9-5-12)7-3-6-16/h11-12H,3-5,7-10H2,1-2H3,(H,17,19,21). The van der Waals surface area contributed by atoms with E-state index in [4.69, 9.17) is 5.26 Å². The fraction of sp³-hybridized carbons (Fsp3) is 0.733. The summed E-state index contributed by atoms with van der Waals surface area (Å²) in [7, 11) is 0. The monoisotopic (exact) mass is 321 g/mol. The minimum Gasteiger partial charge on any atom is -0.302 e. The Bertz CT molecular complexity index is 528. The maximum Gasteiger partial charge on any atom is 0.229 e. The lowest BCUT2D eigenvalue weighted by Gasteiger charge is -2.30. The van der Waals surface area contributed by atoms with E-state index in [0.717, 1.165) is 43.9 Å². The molecular weight excluding hydrogens is 298 g/mol. The van der Waals surface area contributed by atoms with Gasteiger partial charge in [-0.25, -0.2) is 0 Å². The Balaban J connectivity index is 1.78. The van der Waals surface area contributed by atoms with Gasteiger partial charge in [0.15, 0.2) is 0 Å². The summed E-state index contributed by atoms with van der Waals surface area (Å²) in [4.78, 5) is 14.5. The molecule has 1 aliphatic rings. The molecule has 0 unspecified atom stereocenters. The molecule has 1 saturated heterocycles. The van der Waals surface area contributed by atoms with Crippen LogP contribution in [0, 0.1) is 23.2 Å². The molecule has 0 radical (unpaired) electrons. The van der Waals surface area contributed by atoms with Gasteiger partial charge in [0.2, 0.25) is 11.0 Å². The van der Waals surface area contributed by atoms with Gasteiger partial charge >= 0.3 is 0 Å². The van der Waals surface area contributed by atoms with E-state index >= 15 is 0 Å². The van der Waals surface area contributed by atoms with Gasteiger partial charge in [-0.2, -0.15) is 5.26 Å². The minimum atomic E-state index is 0.0378. The minimum absolute atomic E-state index is 0.0378. The highest BCUT2D eigenvalue weighted by Crippen LogP contribution is 2.22. The molecular formula is C15H23N5OS. The summed E-state index contributed by atoms with van der Waals surface area (Å²) in [5, 5.41) is 21.2. The number of nitriles is 1. The lowest BCUT2D eigenvalue weighted by atomic mass is 9.96. The van der Waals surface area contributed by atoms with E-state index in [2.05, 4.69) is 40.3 Å². The number of nitrogens with one attached hydrogen (secondary N) is 1. The highest BCUT2D eigenvalue weighted by molar-refractivity contribution is 7.15. The topological polar surface area (TPSA) is 81.9 Å². The lowest BCUT2D eigenvalue weighted by molar-refractivity contribution is -0.121. The number of amides is 1. The second kappa shape index (κ2) is 8.20. The van der Waals surface area contributed by atoms with Gasteiger partial charge in [-0.1, -0.05) is 25.2 Å². The highest BCUT2D eigenvalue weighted by Gasteiger charge is 2.25. The van der Waals surface area contributed by atoms with Crippen molar-refractivity contribution in [1.82, 2.24) is 15.1 Å². The number of rotatable bonds is 6. The quantitative estimate of drug-likeness (QED) is 0.869. The molecule has 0 aliphatic carbocycles. The Morgan fingerprint density at radius 1 is 1.45 bits per heavy atom. The molecule has 22 heavy (non-hydrogen) atoms. The van der Waals surface area contributed by atoms with Crippen molar-refractivity contribution in [2.24, 2.45) is 11.8 Å². The van der Waals surface area contributed by atoms with Crippen molar-refractivity contribution in [3.05, 3.63) is 5.01 Å². The third-order valence-electron chi connectivity index (χ3n) is 3.78. The van der Waals surface area contributed by atoms with Crippen molar-refractivity contribution < 1.29 is 4.79 Å². The van der Waals surface area contributed by atoms with E-state index in [0.29, 0.717) is 17.5 Å². The number of carbonyl (C=O) groups excluding carboxylic acids is 1. The van der Waals surface area contributed by atoms with E-state index in [1.165, 1.54) is 11.3 Å². The van der Waals surface area contributed by atoms with Crippen LogP contribution in [0.25, 0.3) is 0 Å². The zero-order valence-corrected chi connectivity index (χ0v) is 14.0. The summed E-state index contributed by atoms with van der Waals surface area (Å²) in [6, 6.07) is 2.16. The largest absolute Gasteiger partial charge is 0.302 e. The van der Waals surface area contributed by atoms with Crippen LogP contribution in [-0.2, 0) is 11.2 Å². The van der Waals surface area contributed by atoms with Crippen LogP contribution in [0.2, 0.25) is 0 Å². The molecule has 0 atom stereocenters. The van der Waals surface area contributed by atoms with Crippen molar-refractivity contribution >= 4 is 22.4 Å². The van der Waals surface area contributed by atoms with Crippen LogP contribution in [0.15, 0.2) is 0 Å². The van der Waals surface area contributed by atoms with E-state index < -0.39 is 0 Å². The Labute approximate surface area is 135 Å². The molecule has 0 spiro atoms. The summed E-state index contributed by atoms with van der Waals surface area (Å²) in [6.45, 7) is 6.85. The van der Waals surface area contributed by atoms with Crippen LogP contribution < -0.4 is 5.32 Å². The molecule has 1 amide bonds. The van der Waals surface area contributed by atoms with E-state index in [1.807, 2.05) is 0 Å². The summed E-state index contributed by atoms with van der Waals surface area (Å²) in [5.74, 6) is 0.622. The molecule has 7 heteroatoms. The molecule has 120 valence electrons. The average Bonchev–Trinajstić information content (AvgIpc) is 2.91. The molecule has 1 aromatic rings. The average molecular weight is 321 g/mol. The first kappa shape index (κ1) is 16.8. The first-order valence-corrected chi connectivity index (χ1v) is 8.62. The van der Waals surface area contributed by atoms with E-state index in [1.54, 1.807) is 0 Å². The predicted molar refractivity (Wildman–Crippen MR) is 86.5 cm³/mol. The molecule has 6 nitrogen and oxygen atoms in total. The first-order valence-electron chi connectivity index (χ1n) is 7.81. The molecule has 0 aromatic carbocycles. The maximum atomic E-state index is 12.3. The van der Waals surface area contributed by atoms with Crippen molar-refractivity contribution in [3.8, 4) is 6.07 Å². The van der Waals surface area contributed by atoms with Crippen LogP contribution in [0.3, 0.4) is 0 Å². The van der Waals surface area contributed by atoms with Crippen molar-refractivity contribution in [3.63, 3.8) is 0 Å². The lowest BCUT2D eigenvalue weighted by Crippen LogP contribution is -2.38. The summed E-state index contributed by atoms with van der Waals surface area (Å²) in [5.41, 5.74) is 0. The van der Waals surface area contributed by atoms with Crippen molar-refractivity contribution in [2.45, 2.75) is 39.5 Å². The maximum absolute atomic E-state index is 12.3. The number of anilines is 1. The Morgan fingerprint density at radius 3 is 2.82 bits per heavy atom. The molecule has 2 rings (SSSR count). The van der Waals surface area contributed by atoms with Gasteiger partial charge in [0, 0.05) is 25.3 Å². The zero-order valence-electron chi connectivity index (χ0n) is 13.2. The molecule has 0 bridgehead atoms. The van der Waals surface area contributed by atoms with Crippen LogP contribution in [0.4, 0.5) is 5.13 Å². The number of likely N-dealkylation sites (tertiary alicyclic amines) is 1. The number of carbonyl (C=O) groups is 1. The SMILES string of the molecule is CC(C)Cc1nnc(NC(=O)C2CCN(CCC#N)CC2)s1. The second-order valence-electron chi connectivity index (χ2n) is 6.11. The van der Waals surface area contributed by atoms with E-state index in [9.17, 15) is 4.79 Å². The van der Waals surface area contributed by atoms with E-state index in [-0.39, 0.29) is 11.8 Å². The van der Waals surface area contributed by atoms with Gasteiger partial charge in [0.1, 0.15) is 5.01 Å². The van der Waals surface area contributed by atoms with Gasteiger partial charge < -0.3 is 10.2 Å². The molecule has 0 saturated carbocycles. The normalized spacial score (nSPS) is 16.6. The van der Waals surface area contributed by atoms with Gasteiger partial charge in [-0.3, -0.25) is 4.79 Å². The van der Waals surface area contributed by atoms with Gasteiger partial charge in [0.25, 0.3) is 0 Å². The van der Waals surface area contributed by atoms with Crippen LogP contribution >= 0.6 is 11.3 Å². The fourth-order valence-corrected chi connectivity index (χ4v) is 3.52. The summed E-state index contributed by atoms with van der Waals surface area (Å²) >= 11 is 1.46. The third kappa shape index (κ3) is 5.04. The Hall–Kier alpha value is -1.52. The fourth-order valence-electron chi connectivity index (χ4n) is 2.57. The number of nitrogens with zero attached hydrogens (tertiary/aromatic N) is 4. The number of hydrogen-bond acceptors (Lipinski definition) is 6. The third-order valence-corrected chi connectivity index (χ3v) is 4.64. The Morgan fingerprint density at radius 2 is 2.18 bits per heavy atom. The van der Waals surface area contributed by atoms with Gasteiger partial charge in [-0.15, -0.1) is 10.2 Å². The molecule has 1 N–H and O–H groups in total. The summed E-state index contributed by atoms with van der Waals surface area (Å²) < 4.78 is 0. The second-order valence-corrected chi connectivity index (χ2v) is 7.17. The van der Waals surface area contributed by atoms with Crippen LogP contribution in [0.1, 0.15) is 38.1 Å². The zero-order chi connectivity index (χ0) is 15.9. The number of aromatic nitrogens is 2. The van der Waals surface area contributed by atoms with Crippen LogP contribution in [0.5, 0.6) is 0 Å². The van der Waals surface area contributed by atoms with Gasteiger partial charge in [-0.05, 0) is 31.8 Å². The number of hydrogen-bond donors (Lipinski definition) is 1. The highest BCUT2D eigenvalue weighted by atomic mass is 32.1. The van der Waals surface area contributed by atoms with Crippen molar-refractivity contribution in [2.75, 3.05) is 25.0 Å². The van der Waals surface area contributed by atoms with Crippen LogP contribution in [-0.4, -0.2) is 40.6 Å². The molecule has 2 heterocycles. The van der Waals surface area contributed by atoms with Gasteiger partial charge in [0.05, 0.1) is 6.07 Å². The molecule has 1 aromatic heterocycles. The smallest absolute Gasteiger partial charge is 0.229 e. The molecule has 1 aliphatic heterocycles. The summed E-state index contributed by atoms with van der Waals surface area (Å²) in [6.07, 6.45) is 3.13. The molecule has 1 fully saturated rings. The predicted octanol–water partition coefficient (Wildman–Crippen LogP) is 2.30. The Kier molecular flexibility index (Phi) is 6.28. The van der Waals surface area contributed by atoms with Crippen molar-refractivity contribution in [1.29, 1.82) is 5.26 Å².